The van der Waals surface area contributed by atoms with Gasteiger partial charge in [-0.25, -0.2) is 4.79 Å². The Hall–Kier alpha value is -3.53. The number of Topliss-reactive ketones (excluding diaryl/α,β-unsaturated/α-hetero) is 3. The van der Waals surface area contributed by atoms with Gasteiger partial charge in [0.05, 0.1) is 77.3 Å². The molecule has 0 unspecified atom stereocenters. The van der Waals surface area contributed by atoms with Crippen LogP contribution in [-0.2, 0) is 76.1 Å². The van der Waals surface area contributed by atoms with Crippen molar-refractivity contribution in [1.29, 1.82) is 0 Å². The second-order valence-corrected chi connectivity index (χ2v) is 22.9. The number of methoxy groups -OCH3 is 4. The number of rotatable bonds is 18. The highest BCUT2D eigenvalue weighted by atomic mass is 16.6. The zero-order chi connectivity index (χ0) is 57.6. The first-order chi connectivity index (χ1) is 37.8. The van der Waals surface area contributed by atoms with Crippen LogP contribution >= 0.6 is 0 Å². The summed E-state index contributed by atoms with van der Waals surface area (Å²) in [5.41, 5.74) is 1.50. The summed E-state index contributed by atoms with van der Waals surface area (Å²) in [5.74, 6) is -7.59. The van der Waals surface area contributed by atoms with Crippen LogP contribution in [0.2, 0.25) is 0 Å². The highest BCUT2D eigenvalue weighted by Crippen LogP contribution is 2.38. The number of ether oxygens (including phenoxy) is 11. The third-order valence-electron chi connectivity index (χ3n) is 16.7. The standard InChI is InChI=1S/C61H97NO17/c1-39-17-13-12-14-18-40(2)52(77-30-27-73-26-29-75-48-37-74-38-48)35-47-22-20-45(7)61(68,79-47)58(65)59(66)62-24-16-15-19-49(62)60(67)78-53(42(4)33-46-21-23-51(54(34-46)70-9)76-28-25-69-8)36-50(63)41(3)32-44(6)56(71-10)57(72-11)55(64)43(5)31-39/h12-14,17-18,32,39,41-43,45-49,51-54,56-57,68H,15-16,19-31,33-38H2,1-11H3/b14-12+,17-13+,40-18+,44-32+/t39-,41-,42-,43-,45-,46+,47+,49+,51-,52+,53+,54-,56-,57+,61-/m1/s1. The molecular weight excluding hydrogens is 1020 g/mol. The molecular formula is C61H97NO17. The Bertz CT molecular complexity index is 2050. The number of cyclic esters (lactones) is 1. The molecule has 1 saturated carbocycles. The van der Waals surface area contributed by atoms with Gasteiger partial charge in [-0.3, -0.25) is 19.2 Å². The SMILES string of the molecule is COCCO[C@@H]1CC[C@@H](C[C@@H](C)[C@@H]2CC(=O)[C@H](C)/C=C(\C)[C@@H](OC)[C@@H](OC)C(=O)[C@H](C)C[C@H](C)/C=C/C=C/C=C(\C)[C@@H](OCCOCCOC3COC3)C[C@@H]3CC[C@@H](C)[C@@](O)(O3)C(=O)C(=O)N3CCCC[C@H]3C(=O)O2)C[C@H]1OC. The van der Waals surface area contributed by atoms with Gasteiger partial charge in [-0.1, -0.05) is 71.1 Å². The molecule has 4 aliphatic heterocycles. The molecule has 0 aromatic rings. The summed E-state index contributed by atoms with van der Waals surface area (Å²) in [6.45, 7) is 16.7. The van der Waals surface area contributed by atoms with E-state index in [-0.39, 0.29) is 86.0 Å². The van der Waals surface area contributed by atoms with E-state index in [2.05, 4.69) is 0 Å². The smallest absolute Gasteiger partial charge is 0.329 e. The van der Waals surface area contributed by atoms with Gasteiger partial charge in [0.1, 0.15) is 36.2 Å². The summed E-state index contributed by atoms with van der Waals surface area (Å²) in [7, 11) is 6.31. The zero-order valence-electron chi connectivity index (χ0n) is 49.4. The number of hydrogen-bond donors (Lipinski definition) is 1. The van der Waals surface area contributed by atoms with Crippen LogP contribution in [0.5, 0.6) is 0 Å². The zero-order valence-corrected chi connectivity index (χ0v) is 49.4. The molecule has 5 rings (SSSR count). The maximum absolute atomic E-state index is 14.7. The molecule has 3 saturated heterocycles. The van der Waals surface area contributed by atoms with Crippen molar-refractivity contribution >= 4 is 29.2 Å². The number of carbonyl (C=O) groups excluding carboxylic acids is 5. The van der Waals surface area contributed by atoms with Crippen molar-refractivity contribution in [2.24, 2.45) is 35.5 Å². The molecule has 5 aliphatic rings. The largest absolute Gasteiger partial charge is 0.460 e. The molecule has 448 valence electrons. The molecule has 1 aliphatic carbocycles. The number of ketones is 3. The summed E-state index contributed by atoms with van der Waals surface area (Å²) in [5, 5.41) is 12.3. The second kappa shape index (κ2) is 33.5. The minimum absolute atomic E-state index is 0.0296. The van der Waals surface area contributed by atoms with Crippen LogP contribution in [0.15, 0.2) is 47.6 Å². The Morgan fingerprint density at radius 3 is 2.15 bits per heavy atom. The summed E-state index contributed by atoms with van der Waals surface area (Å²) in [6.07, 6.45) is 13.4. The highest BCUT2D eigenvalue weighted by molar-refractivity contribution is 6.39. The van der Waals surface area contributed by atoms with Gasteiger partial charge in [-0.15, -0.1) is 0 Å². The van der Waals surface area contributed by atoms with Crippen LogP contribution in [0.1, 0.15) is 126 Å². The van der Waals surface area contributed by atoms with E-state index in [1.165, 1.54) is 19.1 Å². The third kappa shape index (κ3) is 19.5. The number of carbonyl (C=O) groups is 5. The minimum atomic E-state index is -2.47. The van der Waals surface area contributed by atoms with Crippen molar-refractivity contribution in [2.45, 2.75) is 186 Å². The van der Waals surface area contributed by atoms with E-state index in [0.717, 1.165) is 18.4 Å². The lowest BCUT2D eigenvalue weighted by atomic mass is 9.78. The van der Waals surface area contributed by atoms with E-state index in [9.17, 15) is 29.1 Å². The van der Waals surface area contributed by atoms with Crippen LogP contribution in [0.4, 0.5) is 0 Å². The minimum Gasteiger partial charge on any atom is -0.460 e. The van der Waals surface area contributed by atoms with Gasteiger partial charge in [-0.05, 0) is 107 Å². The molecule has 4 heterocycles. The maximum Gasteiger partial charge on any atom is 0.329 e. The average Bonchev–Trinajstić information content (AvgIpc) is 3.49. The first-order valence-electron chi connectivity index (χ1n) is 29.1. The predicted molar refractivity (Wildman–Crippen MR) is 296 cm³/mol. The number of amides is 1. The lowest BCUT2D eigenvalue weighted by molar-refractivity contribution is -0.266. The Morgan fingerprint density at radius 2 is 1.47 bits per heavy atom. The van der Waals surface area contributed by atoms with Gasteiger partial charge >= 0.3 is 5.97 Å². The lowest BCUT2D eigenvalue weighted by Gasteiger charge is -2.43. The number of aliphatic hydroxyl groups is 1. The Labute approximate surface area is 470 Å². The molecule has 1 N–H and O–H groups in total. The molecule has 0 radical (unpaired) electrons. The van der Waals surface area contributed by atoms with Crippen molar-refractivity contribution in [3.63, 3.8) is 0 Å². The molecule has 4 fully saturated rings. The number of hydrogen-bond acceptors (Lipinski definition) is 17. The fourth-order valence-electron chi connectivity index (χ4n) is 11.7. The van der Waals surface area contributed by atoms with Gasteiger partial charge in [0.25, 0.3) is 11.7 Å². The first-order valence-corrected chi connectivity index (χ1v) is 29.1. The maximum atomic E-state index is 14.7. The second-order valence-electron chi connectivity index (χ2n) is 22.9. The Balaban J connectivity index is 1.44. The molecule has 0 spiro atoms. The molecule has 1 amide bonds. The quantitative estimate of drug-likeness (QED) is 0.0617. The topological polar surface area (TPSA) is 210 Å². The summed E-state index contributed by atoms with van der Waals surface area (Å²) in [6, 6.07) is -1.15. The van der Waals surface area contributed by atoms with Crippen LogP contribution in [-0.4, -0.2) is 188 Å². The van der Waals surface area contributed by atoms with E-state index in [0.29, 0.717) is 96.8 Å². The normalized spacial score (nSPS) is 36.5. The summed E-state index contributed by atoms with van der Waals surface area (Å²) < 4.78 is 64.9. The number of piperidine rings is 1. The van der Waals surface area contributed by atoms with E-state index < -0.39 is 71.8 Å². The van der Waals surface area contributed by atoms with Crippen molar-refractivity contribution in [3.05, 3.63) is 47.6 Å². The van der Waals surface area contributed by atoms with Gasteiger partial charge in [0, 0.05) is 65.6 Å². The van der Waals surface area contributed by atoms with Crippen LogP contribution in [0.25, 0.3) is 0 Å². The fraction of sp³-hybridized carbons (Fsp3) is 0.787. The predicted octanol–water partition coefficient (Wildman–Crippen LogP) is 7.31. The van der Waals surface area contributed by atoms with Gasteiger partial charge in [0.2, 0.25) is 5.79 Å². The summed E-state index contributed by atoms with van der Waals surface area (Å²) in [4.78, 5) is 73.6. The molecule has 79 heavy (non-hydrogen) atoms. The molecule has 0 aromatic carbocycles. The molecule has 18 heteroatoms. The number of nitrogens with zero attached hydrogens (tertiary/aromatic N) is 1. The highest BCUT2D eigenvalue weighted by Gasteiger charge is 2.53. The van der Waals surface area contributed by atoms with Crippen molar-refractivity contribution in [1.82, 2.24) is 4.90 Å². The van der Waals surface area contributed by atoms with Crippen molar-refractivity contribution in [2.75, 3.05) is 87.8 Å². The Kier molecular flexibility index (Phi) is 28.1. The monoisotopic (exact) mass is 1120 g/mol. The van der Waals surface area contributed by atoms with Crippen LogP contribution in [0.3, 0.4) is 0 Å². The van der Waals surface area contributed by atoms with E-state index in [4.69, 9.17) is 52.1 Å². The fourth-order valence-corrected chi connectivity index (χ4v) is 11.7. The summed E-state index contributed by atoms with van der Waals surface area (Å²) >= 11 is 0. The van der Waals surface area contributed by atoms with E-state index >= 15 is 0 Å². The van der Waals surface area contributed by atoms with Gasteiger partial charge < -0.3 is 62.1 Å². The Morgan fingerprint density at radius 1 is 0.747 bits per heavy atom. The van der Waals surface area contributed by atoms with Gasteiger partial charge in [-0.2, -0.15) is 0 Å². The molecule has 15 atom stereocenters. The van der Waals surface area contributed by atoms with Gasteiger partial charge in [0.15, 0.2) is 5.78 Å². The average molecular weight is 1120 g/mol. The van der Waals surface area contributed by atoms with E-state index in [1.54, 1.807) is 34.1 Å². The van der Waals surface area contributed by atoms with Crippen LogP contribution in [0, 0.1) is 35.5 Å². The van der Waals surface area contributed by atoms with E-state index in [1.807, 2.05) is 65.0 Å². The first kappa shape index (κ1) is 66.3. The molecule has 2 bridgehead atoms. The third-order valence-corrected chi connectivity index (χ3v) is 16.7. The number of fused-ring (bicyclic) bond motifs is 3. The molecule has 18 nitrogen and oxygen atoms in total. The number of esters is 1. The molecule has 0 aromatic heterocycles. The van der Waals surface area contributed by atoms with Crippen LogP contribution < -0.4 is 0 Å². The lowest BCUT2D eigenvalue weighted by Crippen LogP contribution is -2.61. The van der Waals surface area contributed by atoms with Crippen molar-refractivity contribution < 1.29 is 81.2 Å². The number of allylic oxidation sites excluding steroid dienone is 6. The van der Waals surface area contributed by atoms with Crippen molar-refractivity contribution in [3.8, 4) is 0 Å².